The van der Waals surface area contributed by atoms with E-state index in [4.69, 9.17) is 16.3 Å². The third kappa shape index (κ3) is 2.95. The number of nitrogens with zero attached hydrogens (tertiary/aromatic N) is 1. The standard InChI is InChI=1S/C15H18ClNO/c1-3-15-10-13(11-17(15)7-8-18-2)12-5-4-6-14(16)9-12/h4-6,9-11H,3,7-8H2,1-2H3. The van der Waals surface area contributed by atoms with Crippen LogP contribution in [0.2, 0.25) is 5.02 Å². The highest BCUT2D eigenvalue weighted by molar-refractivity contribution is 6.30. The van der Waals surface area contributed by atoms with Gasteiger partial charge in [-0.25, -0.2) is 0 Å². The molecule has 0 radical (unpaired) electrons. The summed E-state index contributed by atoms with van der Waals surface area (Å²) >= 11 is 6.03. The van der Waals surface area contributed by atoms with Crippen molar-refractivity contribution < 1.29 is 4.74 Å². The summed E-state index contributed by atoms with van der Waals surface area (Å²) in [7, 11) is 1.73. The minimum atomic E-state index is 0.733. The topological polar surface area (TPSA) is 14.2 Å². The highest BCUT2D eigenvalue weighted by atomic mass is 35.5. The van der Waals surface area contributed by atoms with Gasteiger partial charge in [-0.3, -0.25) is 0 Å². The highest BCUT2D eigenvalue weighted by Crippen LogP contribution is 2.25. The van der Waals surface area contributed by atoms with Gasteiger partial charge in [0.05, 0.1) is 6.61 Å². The molecule has 0 spiro atoms. The van der Waals surface area contributed by atoms with E-state index in [0.717, 1.165) is 30.2 Å². The molecule has 96 valence electrons. The summed E-state index contributed by atoms with van der Waals surface area (Å²) in [5.74, 6) is 0. The maximum Gasteiger partial charge on any atom is 0.0641 e. The van der Waals surface area contributed by atoms with Crippen LogP contribution in [0.5, 0.6) is 0 Å². The minimum Gasteiger partial charge on any atom is -0.383 e. The lowest BCUT2D eigenvalue weighted by Gasteiger charge is -2.05. The zero-order chi connectivity index (χ0) is 13.0. The van der Waals surface area contributed by atoms with Gasteiger partial charge in [0.2, 0.25) is 0 Å². The Bertz CT molecular complexity index is 519. The number of hydrogen-bond acceptors (Lipinski definition) is 1. The number of methoxy groups -OCH3 is 1. The van der Waals surface area contributed by atoms with Crippen LogP contribution in [0, 0.1) is 0 Å². The van der Waals surface area contributed by atoms with Crippen molar-refractivity contribution in [2.45, 2.75) is 19.9 Å². The van der Waals surface area contributed by atoms with Crippen molar-refractivity contribution in [3.8, 4) is 11.1 Å². The fourth-order valence-corrected chi connectivity index (χ4v) is 2.27. The predicted octanol–water partition coefficient (Wildman–Crippen LogP) is 4.02. The zero-order valence-electron chi connectivity index (χ0n) is 10.8. The van der Waals surface area contributed by atoms with Crippen LogP contribution in [0.1, 0.15) is 12.6 Å². The van der Waals surface area contributed by atoms with Crippen molar-refractivity contribution in [1.29, 1.82) is 0 Å². The number of benzene rings is 1. The van der Waals surface area contributed by atoms with E-state index < -0.39 is 0 Å². The molecule has 18 heavy (non-hydrogen) atoms. The van der Waals surface area contributed by atoms with Crippen LogP contribution in [0.25, 0.3) is 11.1 Å². The first-order chi connectivity index (χ1) is 8.74. The van der Waals surface area contributed by atoms with Crippen molar-refractivity contribution >= 4 is 11.6 Å². The smallest absolute Gasteiger partial charge is 0.0641 e. The molecule has 0 N–H and O–H groups in total. The fourth-order valence-electron chi connectivity index (χ4n) is 2.08. The second-order valence-electron chi connectivity index (χ2n) is 4.27. The summed E-state index contributed by atoms with van der Waals surface area (Å²) in [6.45, 7) is 3.79. The van der Waals surface area contributed by atoms with E-state index in [-0.39, 0.29) is 0 Å². The summed E-state index contributed by atoms with van der Waals surface area (Å²) < 4.78 is 7.39. The lowest BCUT2D eigenvalue weighted by Crippen LogP contribution is -2.05. The predicted molar refractivity (Wildman–Crippen MR) is 76.1 cm³/mol. The quantitative estimate of drug-likeness (QED) is 0.795. The summed E-state index contributed by atoms with van der Waals surface area (Å²) in [4.78, 5) is 0. The van der Waals surface area contributed by atoms with E-state index >= 15 is 0 Å². The molecule has 3 heteroatoms. The van der Waals surface area contributed by atoms with Gasteiger partial charge in [-0.05, 0) is 35.7 Å². The molecule has 1 heterocycles. The van der Waals surface area contributed by atoms with Crippen molar-refractivity contribution in [3.63, 3.8) is 0 Å². The number of rotatable bonds is 5. The van der Waals surface area contributed by atoms with Gasteiger partial charge in [0, 0.05) is 30.6 Å². The number of hydrogen-bond donors (Lipinski definition) is 0. The Kier molecular flexibility index (Phi) is 4.45. The van der Waals surface area contributed by atoms with Crippen LogP contribution in [-0.4, -0.2) is 18.3 Å². The molecule has 2 aromatic rings. The Morgan fingerprint density at radius 1 is 1.22 bits per heavy atom. The first kappa shape index (κ1) is 13.2. The molecule has 2 rings (SSSR count). The molecule has 0 atom stereocenters. The third-order valence-corrected chi connectivity index (χ3v) is 3.28. The number of ether oxygens (including phenoxy) is 1. The van der Waals surface area contributed by atoms with Gasteiger partial charge >= 0.3 is 0 Å². The highest BCUT2D eigenvalue weighted by Gasteiger charge is 2.06. The molecule has 0 unspecified atom stereocenters. The van der Waals surface area contributed by atoms with E-state index in [2.05, 4.69) is 29.8 Å². The Hall–Kier alpha value is -1.25. The molecule has 0 fully saturated rings. The Labute approximate surface area is 113 Å². The zero-order valence-corrected chi connectivity index (χ0v) is 11.6. The molecular formula is C15H18ClNO. The van der Waals surface area contributed by atoms with E-state index in [9.17, 15) is 0 Å². The van der Waals surface area contributed by atoms with E-state index in [1.54, 1.807) is 7.11 Å². The molecule has 0 aliphatic heterocycles. The Morgan fingerprint density at radius 2 is 2.06 bits per heavy atom. The van der Waals surface area contributed by atoms with Gasteiger partial charge < -0.3 is 9.30 Å². The molecule has 1 aromatic carbocycles. The van der Waals surface area contributed by atoms with Gasteiger partial charge in [0.1, 0.15) is 0 Å². The minimum absolute atomic E-state index is 0.733. The summed E-state index contributed by atoms with van der Waals surface area (Å²) in [5, 5.41) is 0.773. The van der Waals surface area contributed by atoms with Gasteiger partial charge in [0.25, 0.3) is 0 Å². The molecule has 0 saturated heterocycles. The van der Waals surface area contributed by atoms with Gasteiger partial charge in [-0.1, -0.05) is 30.7 Å². The van der Waals surface area contributed by atoms with E-state index in [0.29, 0.717) is 0 Å². The van der Waals surface area contributed by atoms with Gasteiger partial charge in [-0.2, -0.15) is 0 Å². The second kappa shape index (κ2) is 6.07. The van der Waals surface area contributed by atoms with Crippen molar-refractivity contribution in [3.05, 3.63) is 47.2 Å². The molecule has 0 aliphatic rings. The van der Waals surface area contributed by atoms with Gasteiger partial charge in [0.15, 0.2) is 0 Å². The molecule has 0 saturated carbocycles. The normalized spacial score (nSPS) is 10.8. The first-order valence-electron chi connectivity index (χ1n) is 6.18. The molecule has 0 aliphatic carbocycles. The van der Waals surface area contributed by atoms with Crippen molar-refractivity contribution in [2.24, 2.45) is 0 Å². The molecule has 0 amide bonds. The second-order valence-corrected chi connectivity index (χ2v) is 4.71. The average Bonchev–Trinajstić information content (AvgIpc) is 2.79. The van der Waals surface area contributed by atoms with Crippen LogP contribution >= 0.6 is 11.6 Å². The number of halogens is 1. The molecular weight excluding hydrogens is 246 g/mol. The maximum atomic E-state index is 6.03. The van der Waals surface area contributed by atoms with Crippen LogP contribution in [0.3, 0.4) is 0 Å². The largest absolute Gasteiger partial charge is 0.383 e. The summed E-state index contributed by atoms with van der Waals surface area (Å²) in [5.41, 5.74) is 3.70. The summed E-state index contributed by atoms with van der Waals surface area (Å²) in [6.07, 6.45) is 3.19. The van der Waals surface area contributed by atoms with Crippen molar-refractivity contribution in [2.75, 3.05) is 13.7 Å². The third-order valence-electron chi connectivity index (χ3n) is 3.04. The summed E-state index contributed by atoms with van der Waals surface area (Å²) in [6, 6.07) is 10.2. The monoisotopic (exact) mass is 263 g/mol. The SMILES string of the molecule is CCc1cc(-c2cccc(Cl)c2)cn1CCOC. The van der Waals surface area contributed by atoms with E-state index in [1.165, 1.54) is 11.3 Å². The lowest BCUT2D eigenvalue weighted by atomic mass is 10.1. The maximum absolute atomic E-state index is 6.03. The Balaban J connectivity index is 2.31. The van der Waals surface area contributed by atoms with Crippen molar-refractivity contribution in [1.82, 2.24) is 4.57 Å². The van der Waals surface area contributed by atoms with Crippen LogP contribution < -0.4 is 0 Å². The molecule has 2 nitrogen and oxygen atoms in total. The fraction of sp³-hybridized carbons (Fsp3) is 0.333. The van der Waals surface area contributed by atoms with Crippen LogP contribution in [0.4, 0.5) is 0 Å². The number of aromatic nitrogens is 1. The molecule has 1 aromatic heterocycles. The average molecular weight is 264 g/mol. The van der Waals surface area contributed by atoms with Gasteiger partial charge in [-0.15, -0.1) is 0 Å². The number of aryl methyl sites for hydroxylation is 1. The first-order valence-corrected chi connectivity index (χ1v) is 6.56. The van der Waals surface area contributed by atoms with Crippen LogP contribution in [0.15, 0.2) is 36.5 Å². The Morgan fingerprint density at radius 3 is 2.72 bits per heavy atom. The molecule has 0 bridgehead atoms. The van der Waals surface area contributed by atoms with E-state index in [1.807, 2.05) is 18.2 Å². The lowest BCUT2D eigenvalue weighted by molar-refractivity contribution is 0.186. The van der Waals surface area contributed by atoms with Crippen LogP contribution in [-0.2, 0) is 17.7 Å².